The number of aromatic amines is 1. The topological polar surface area (TPSA) is 89.6 Å². The fourth-order valence-corrected chi connectivity index (χ4v) is 4.62. The predicted molar refractivity (Wildman–Crippen MR) is 141 cm³/mol. The Morgan fingerprint density at radius 1 is 1.06 bits per heavy atom. The zero-order chi connectivity index (χ0) is 24.5. The molecule has 0 atom stereocenters. The van der Waals surface area contributed by atoms with Gasteiger partial charge in [-0.05, 0) is 42.2 Å². The minimum absolute atomic E-state index is 0.356. The summed E-state index contributed by atoms with van der Waals surface area (Å²) in [5, 5.41) is 5.26. The lowest BCUT2D eigenvalue weighted by molar-refractivity contribution is 0.609. The largest absolute Gasteiger partial charge is 0.361 e. The quantitative estimate of drug-likeness (QED) is 0.342. The van der Waals surface area contributed by atoms with Crippen LogP contribution in [0.15, 0.2) is 64.3 Å². The Labute approximate surface area is 206 Å². The Hall–Kier alpha value is -3.78. The molecule has 5 aromatic rings. The maximum atomic E-state index is 13.2. The third-order valence-electron chi connectivity index (χ3n) is 6.28. The van der Waals surface area contributed by atoms with E-state index in [-0.39, 0.29) is 11.2 Å². The van der Waals surface area contributed by atoms with Gasteiger partial charge in [0.1, 0.15) is 0 Å². The van der Waals surface area contributed by atoms with Crippen LogP contribution in [0.25, 0.3) is 22.1 Å². The molecule has 0 unspecified atom stereocenters. The van der Waals surface area contributed by atoms with Gasteiger partial charge >= 0.3 is 5.69 Å². The molecule has 0 spiro atoms. The van der Waals surface area contributed by atoms with E-state index in [9.17, 15) is 9.59 Å². The number of aromatic nitrogens is 5. The van der Waals surface area contributed by atoms with Gasteiger partial charge in [-0.1, -0.05) is 48.9 Å². The van der Waals surface area contributed by atoms with Crippen LogP contribution in [0.1, 0.15) is 24.5 Å². The number of H-pyrrole nitrogens is 1. The summed E-state index contributed by atoms with van der Waals surface area (Å²) in [5.41, 5.74) is 3.38. The summed E-state index contributed by atoms with van der Waals surface area (Å²) in [7, 11) is 1.51. The fraction of sp³-hybridized carbons (Fsp3) is 0.269. The third kappa shape index (κ3) is 4.25. The van der Waals surface area contributed by atoms with Crippen molar-refractivity contribution in [2.75, 3.05) is 11.9 Å². The summed E-state index contributed by atoms with van der Waals surface area (Å²) in [6.07, 6.45) is 3.55. The highest BCUT2D eigenvalue weighted by Crippen LogP contribution is 2.21. The Morgan fingerprint density at radius 2 is 1.83 bits per heavy atom. The molecule has 2 N–H and O–H groups in total. The molecule has 0 bridgehead atoms. The highest BCUT2D eigenvalue weighted by Gasteiger charge is 2.20. The second-order valence-corrected chi connectivity index (χ2v) is 9.09. The van der Waals surface area contributed by atoms with Crippen LogP contribution in [0.5, 0.6) is 0 Å². The Bertz CT molecular complexity index is 1620. The van der Waals surface area contributed by atoms with Gasteiger partial charge in [0.05, 0.1) is 6.54 Å². The maximum Gasteiger partial charge on any atom is 0.332 e. The summed E-state index contributed by atoms with van der Waals surface area (Å²) in [6.45, 7) is 3.51. The number of halogens is 1. The van der Waals surface area contributed by atoms with Crippen molar-refractivity contribution in [3.8, 4) is 0 Å². The first-order valence-electron chi connectivity index (χ1n) is 11.7. The highest BCUT2D eigenvalue weighted by atomic mass is 35.5. The smallest absolute Gasteiger partial charge is 0.332 e. The van der Waals surface area contributed by atoms with Crippen LogP contribution in [-0.4, -0.2) is 30.2 Å². The molecule has 8 nitrogen and oxygen atoms in total. The van der Waals surface area contributed by atoms with E-state index in [0.29, 0.717) is 41.8 Å². The Balaban J connectivity index is 1.56. The number of rotatable bonds is 8. The third-order valence-corrected chi connectivity index (χ3v) is 6.54. The van der Waals surface area contributed by atoms with E-state index in [2.05, 4.69) is 22.4 Å². The van der Waals surface area contributed by atoms with E-state index in [1.165, 1.54) is 18.0 Å². The molecule has 3 aromatic heterocycles. The second kappa shape index (κ2) is 9.46. The van der Waals surface area contributed by atoms with E-state index >= 15 is 0 Å². The number of aryl methyl sites for hydroxylation is 1. The first-order valence-corrected chi connectivity index (χ1v) is 12.1. The normalized spacial score (nSPS) is 11.5. The molecule has 5 rings (SSSR count). The number of nitrogens with one attached hydrogen (secondary N) is 2. The van der Waals surface area contributed by atoms with Crippen LogP contribution >= 0.6 is 11.6 Å². The monoisotopic (exact) mass is 490 g/mol. The van der Waals surface area contributed by atoms with Crippen LogP contribution < -0.4 is 16.6 Å². The van der Waals surface area contributed by atoms with Gasteiger partial charge in [-0.15, -0.1) is 0 Å². The fourth-order valence-electron chi connectivity index (χ4n) is 4.49. The van der Waals surface area contributed by atoms with Gasteiger partial charge in [0.2, 0.25) is 5.95 Å². The minimum atomic E-state index is -0.358. The standard InChI is InChI=1S/C26H27ClN6O2/c1-3-14-32-23-22(24(34)31(2)26(32)35)33(16-17-8-10-19(27)11-9-17)25(30-23)28-13-12-18-15-29-21-7-5-4-6-20(18)21/h4-11,15,29H,3,12-14,16H2,1-2H3,(H,28,30). The van der Waals surface area contributed by atoms with Crippen molar-refractivity contribution >= 4 is 39.6 Å². The molecular weight excluding hydrogens is 464 g/mol. The molecule has 180 valence electrons. The predicted octanol–water partition coefficient (Wildman–Crippen LogP) is 4.14. The zero-order valence-corrected chi connectivity index (χ0v) is 20.5. The summed E-state index contributed by atoms with van der Waals surface area (Å²) < 4.78 is 4.61. The van der Waals surface area contributed by atoms with Gasteiger partial charge in [0.25, 0.3) is 5.56 Å². The van der Waals surface area contributed by atoms with Gasteiger partial charge < -0.3 is 10.3 Å². The average Bonchev–Trinajstić information content (AvgIpc) is 3.44. The summed E-state index contributed by atoms with van der Waals surface area (Å²) in [6, 6.07) is 15.7. The maximum absolute atomic E-state index is 13.2. The molecule has 0 saturated heterocycles. The van der Waals surface area contributed by atoms with E-state index in [4.69, 9.17) is 16.6 Å². The van der Waals surface area contributed by atoms with Gasteiger partial charge in [0, 0.05) is 42.3 Å². The van der Waals surface area contributed by atoms with Gasteiger partial charge in [-0.2, -0.15) is 4.98 Å². The lowest BCUT2D eigenvalue weighted by Gasteiger charge is -2.12. The van der Waals surface area contributed by atoms with Crippen molar-refractivity contribution < 1.29 is 0 Å². The molecule has 0 aliphatic rings. The SMILES string of the molecule is CCCn1c(=O)n(C)c(=O)c2c1nc(NCCc1c[nH]c3ccccc13)n2Cc1ccc(Cl)cc1. The lowest BCUT2D eigenvalue weighted by Crippen LogP contribution is -2.38. The first-order chi connectivity index (χ1) is 17.0. The number of imidazole rings is 1. The van der Waals surface area contributed by atoms with Gasteiger partial charge in [-0.3, -0.25) is 18.5 Å². The Kier molecular flexibility index (Phi) is 6.21. The van der Waals surface area contributed by atoms with Crippen molar-refractivity contribution in [2.24, 2.45) is 7.05 Å². The van der Waals surface area contributed by atoms with Crippen molar-refractivity contribution in [2.45, 2.75) is 32.9 Å². The van der Waals surface area contributed by atoms with E-state index in [0.717, 1.165) is 28.5 Å². The van der Waals surface area contributed by atoms with Crippen molar-refractivity contribution in [1.29, 1.82) is 0 Å². The molecule has 0 aliphatic carbocycles. The second-order valence-electron chi connectivity index (χ2n) is 8.65. The Morgan fingerprint density at radius 3 is 2.60 bits per heavy atom. The molecule has 0 amide bonds. The van der Waals surface area contributed by atoms with E-state index in [1.54, 1.807) is 4.57 Å². The molecule has 0 aliphatic heterocycles. The zero-order valence-electron chi connectivity index (χ0n) is 19.7. The highest BCUT2D eigenvalue weighted by molar-refractivity contribution is 6.30. The molecule has 0 saturated carbocycles. The van der Waals surface area contributed by atoms with Crippen LogP contribution in [0, 0.1) is 0 Å². The number of hydrogen-bond acceptors (Lipinski definition) is 4. The average molecular weight is 491 g/mol. The van der Waals surface area contributed by atoms with Crippen LogP contribution in [-0.2, 0) is 26.6 Å². The molecule has 35 heavy (non-hydrogen) atoms. The summed E-state index contributed by atoms with van der Waals surface area (Å²) in [4.78, 5) is 34.1. The van der Waals surface area contributed by atoms with Gasteiger partial charge in [0.15, 0.2) is 11.2 Å². The molecular formula is C26H27ClN6O2. The number of anilines is 1. The molecule has 9 heteroatoms. The van der Waals surface area contributed by atoms with E-state index in [1.807, 2.05) is 54.1 Å². The first kappa shape index (κ1) is 23.0. The van der Waals surface area contributed by atoms with E-state index < -0.39 is 0 Å². The number of hydrogen-bond donors (Lipinski definition) is 2. The molecule has 3 heterocycles. The van der Waals surface area contributed by atoms with Crippen molar-refractivity contribution in [3.05, 3.63) is 91.7 Å². The number of nitrogens with zero attached hydrogens (tertiary/aromatic N) is 4. The molecule has 2 aromatic carbocycles. The molecule has 0 fully saturated rings. The summed E-state index contributed by atoms with van der Waals surface area (Å²) in [5.74, 6) is 0.558. The van der Waals surface area contributed by atoms with Crippen molar-refractivity contribution in [3.63, 3.8) is 0 Å². The van der Waals surface area contributed by atoms with Crippen LogP contribution in [0.3, 0.4) is 0 Å². The number of benzene rings is 2. The summed E-state index contributed by atoms with van der Waals surface area (Å²) >= 11 is 6.07. The van der Waals surface area contributed by atoms with Crippen molar-refractivity contribution in [1.82, 2.24) is 23.7 Å². The number of para-hydroxylation sites is 1. The number of fused-ring (bicyclic) bond motifs is 2. The van der Waals surface area contributed by atoms with Crippen LogP contribution in [0.2, 0.25) is 5.02 Å². The molecule has 0 radical (unpaired) electrons. The van der Waals surface area contributed by atoms with Crippen LogP contribution in [0.4, 0.5) is 5.95 Å². The minimum Gasteiger partial charge on any atom is -0.361 e. The lowest BCUT2D eigenvalue weighted by atomic mass is 10.1. The van der Waals surface area contributed by atoms with Gasteiger partial charge in [-0.25, -0.2) is 4.79 Å².